The molecular formula is C13H6BrCl2NO. The summed E-state index contributed by atoms with van der Waals surface area (Å²) in [6.45, 7) is 0. The van der Waals surface area contributed by atoms with Crippen LogP contribution in [-0.4, -0.2) is 4.98 Å². The van der Waals surface area contributed by atoms with Gasteiger partial charge in [0.1, 0.15) is 5.52 Å². The van der Waals surface area contributed by atoms with Crippen LogP contribution in [0.25, 0.3) is 22.6 Å². The summed E-state index contributed by atoms with van der Waals surface area (Å²) >= 11 is 15.3. The predicted molar refractivity (Wildman–Crippen MR) is 77.2 cm³/mol. The molecule has 0 bridgehead atoms. The highest BCUT2D eigenvalue weighted by Gasteiger charge is 2.09. The van der Waals surface area contributed by atoms with Crippen LogP contribution >= 0.6 is 39.1 Å². The zero-order chi connectivity index (χ0) is 12.7. The maximum atomic E-state index is 6.05. The SMILES string of the molecule is Clc1ccc2oc(-c3ccc(Br)c(Cl)c3)nc2c1. The van der Waals surface area contributed by atoms with Crippen LogP contribution in [-0.2, 0) is 0 Å². The van der Waals surface area contributed by atoms with Crippen molar-refractivity contribution in [3.05, 3.63) is 50.9 Å². The van der Waals surface area contributed by atoms with Crippen molar-refractivity contribution in [1.29, 1.82) is 0 Å². The topological polar surface area (TPSA) is 26.0 Å². The molecule has 0 aliphatic heterocycles. The molecule has 0 saturated carbocycles. The second-order valence-corrected chi connectivity index (χ2v) is 5.46. The summed E-state index contributed by atoms with van der Waals surface area (Å²) in [7, 11) is 0. The molecule has 0 unspecified atom stereocenters. The molecule has 0 radical (unpaired) electrons. The Kier molecular flexibility index (Phi) is 3.06. The summed E-state index contributed by atoms with van der Waals surface area (Å²) < 4.78 is 6.50. The van der Waals surface area contributed by atoms with E-state index in [9.17, 15) is 0 Å². The molecule has 0 saturated heterocycles. The van der Waals surface area contributed by atoms with Crippen molar-refractivity contribution in [1.82, 2.24) is 4.98 Å². The summed E-state index contributed by atoms with van der Waals surface area (Å²) in [4.78, 5) is 4.39. The highest BCUT2D eigenvalue weighted by atomic mass is 79.9. The summed E-state index contributed by atoms with van der Waals surface area (Å²) in [6, 6.07) is 10.9. The van der Waals surface area contributed by atoms with Gasteiger partial charge in [0.05, 0.1) is 5.02 Å². The van der Waals surface area contributed by atoms with E-state index >= 15 is 0 Å². The van der Waals surface area contributed by atoms with Crippen LogP contribution in [0.1, 0.15) is 0 Å². The number of aromatic nitrogens is 1. The Morgan fingerprint density at radius 2 is 1.89 bits per heavy atom. The molecule has 1 aromatic heterocycles. The Morgan fingerprint density at radius 1 is 1.06 bits per heavy atom. The van der Waals surface area contributed by atoms with Gasteiger partial charge in [-0.25, -0.2) is 4.98 Å². The normalized spacial score (nSPS) is 11.1. The first-order valence-electron chi connectivity index (χ1n) is 5.15. The fraction of sp³-hybridized carbons (Fsp3) is 0. The van der Waals surface area contributed by atoms with Crippen LogP contribution < -0.4 is 0 Å². The number of hydrogen-bond acceptors (Lipinski definition) is 2. The minimum Gasteiger partial charge on any atom is -0.436 e. The van der Waals surface area contributed by atoms with Crippen LogP contribution in [0.4, 0.5) is 0 Å². The molecule has 0 N–H and O–H groups in total. The van der Waals surface area contributed by atoms with Crippen molar-refractivity contribution >= 4 is 50.2 Å². The third-order valence-electron chi connectivity index (χ3n) is 2.52. The van der Waals surface area contributed by atoms with Gasteiger partial charge in [0, 0.05) is 15.1 Å². The van der Waals surface area contributed by atoms with Crippen molar-refractivity contribution in [3.63, 3.8) is 0 Å². The molecule has 0 spiro atoms. The number of nitrogens with zero attached hydrogens (tertiary/aromatic N) is 1. The maximum absolute atomic E-state index is 6.05. The maximum Gasteiger partial charge on any atom is 0.227 e. The molecule has 0 aliphatic rings. The molecule has 0 atom stereocenters. The summed E-state index contributed by atoms with van der Waals surface area (Å²) in [5.41, 5.74) is 2.26. The first-order valence-corrected chi connectivity index (χ1v) is 6.70. The smallest absolute Gasteiger partial charge is 0.227 e. The third-order valence-corrected chi connectivity index (χ3v) is 3.98. The van der Waals surface area contributed by atoms with Crippen LogP contribution in [0, 0.1) is 0 Å². The molecule has 0 fully saturated rings. The molecule has 1 heterocycles. The van der Waals surface area contributed by atoms with E-state index in [2.05, 4.69) is 20.9 Å². The fourth-order valence-electron chi connectivity index (χ4n) is 1.65. The molecule has 5 heteroatoms. The quantitative estimate of drug-likeness (QED) is 0.578. The van der Waals surface area contributed by atoms with Crippen LogP contribution in [0.3, 0.4) is 0 Å². The Morgan fingerprint density at radius 3 is 2.67 bits per heavy atom. The van der Waals surface area contributed by atoms with E-state index in [1.807, 2.05) is 12.1 Å². The second-order valence-electron chi connectivity index (χ2n) is 3.76. The van der Waals surface area contributed by atoms with Gasteiger partial charge in [-0.1, -0.05) is 23.2 Å². The van der Waals surface area contributed by atoms with Crippen LogP contribution in [0.2, 0.25) is 10.0 Å². The zero-order valence-corrected chi connectivity index (χ0v) is 12.1. The second kappa shape index (κ2) is 4.57. The average Bonchev–Trinajstić information content (AvgIpc) is 2.75. The lowest BCUT2D eigenvalue weighted by atomic mass is 10.2. The van der Waals surface area contributed by atoms with Gasteiger partial charge in [-0.3, -0.25) is 0 Å². The summed E-state index contributed by atoms with van der Waals surface area (Å²) in [6.07, 6.45) is 0. The lowest BCUT2D eigenvalue weighted by molar-refractivity contribution is 0.620. The third kappa shape index (κ3) is 2.14. The minimum absolute atomic E-state index is 0.529. The fourth-order valence-corrected chi connectivity index (χ4v) is 2.25. The van der Waals surface area contributed by atoms with Gasteiger partial charge in [0.25, 0.3) is 0 Å². The van der Waals surface area contributed by atoms with E-state index in [0.29, 0.717) is 21.5 Å². The van der Waals surface area contributed by atoms with E-state index in [-0.39, 0.29) is 0 Å². The first kappa shape index (κ1) is 12.0. The standard InChI is InChI=1S/C13H6BrCl2NO/c14-9-3-1-7(5-10(9)16)13-17-11-6-8(15)2-4-12(11)18-13/h1-6H. The lowest BCUT2D eigenvalue weighted by Gasteiger charge is -1.98. The first-order chi connectivity index (χ1) is 8.63. The number of benzene rings is 2. The molecule has 18 heavy (non-hydrogen) atoms. The Labute approximate surface area is 122 Å². The van der Waals surface area contributed by atoms with Gasteiger partial charge in [-0.15, -0.1) is 0 Å². The summed E-state index contributed by atoms with van der Waals surface area (Å²) in [5, 5.41) is 1.25. The van der Waals surface area contributed by atoms with Crippen molar-refractivity contribution in [2.45, 2.75) is 0 Å². The number of hydrogen-bond donors (Lipinski definition) is 0. The van der Waals surface area contributed by atoms with Crippen molar-refractivity contribution < 1.29 is 4.42 Å². The monoisotopic (exact) mass is 341 g/mol. The molecular weight excluding hydrogens is 337 g/mol. The zero-order valence-electron chi connectivity index (χ0n) is 8.95. The molecule has 2 nitrogen and oxygen atoms in total. The van der Waals surface area contributed by atoms with Crippen LogP contribution in [0.5, 0.6) is 0 Å². The Bertz CT molecular complexity index is 739. The summed E-state index contributed by atoms with van der Waals surface area (Å²) in [5.74, 6) is 0.529. The highest BCUT2D eigenvalue weighted by Crippen LogP contribution is 2.30. The van der Waals surface area contributed by atoms with E-state index < -0.39 is 0 Å². The number of halogens is 3. The van der Waals surface area contributed by atoms with E-state index in [4.69, 9.17) is 27.6 Å². The lowest BCUT2D eigenvalue weighted by Crippen LogP contribution is -1.78. The van der Waals surface area contributed by atoms with Gasteiger partial charge in [0.15, 0.2) is 5.58 Å². The average molecular weight is 343 g/mol. The van der Waals surface area contributed by atoms with Gasteiger partial charge < -0.3 is 4.42 Å². The Hall–Kier alpha value is -1.03. The highest BCUT2D eigenvalue weighted by molar-refractivity contribution is 9.10. The number of oxazole rings is 1. The van der Waals surface area contributed by atoms with Crippen molar-refractivity contribution in [3.8, 4) is 11.5 Å². The number of rotatable bonds is 1. The largest absolute Gasteiger partial charge is 0.436 e. The number of fused-ring (bicyclic) bond motifs is 1. The molecule has 2 aromatic carbocycles. The van der Waals surface area contributed by atoms with Gasteiger partial charge in [0.2, 0.25) is 5.89 Å². The Balaban J connectivity index is 2.16. The molecule has 3 rings (SSSR count). The van der Waals surface area contributed by atoms with Crippen molar-refractivity contribution in [2.24, 2.45) is 0 Å². The van der Waals surface area contributed by atoms with Gasteiger partial charge >= 0.3 is 0 Å². The molecule has 3 aromatic rings. The van der Waals surface area contributed by atoms with Crippen molar-refractivity contribution in [2.75, 3.05) is 0 Å². The van der Waals surface area contributed by atoms with E-state index in [1.54, 1.807) is 24.3 Å². The van der Waals surface area contributed by atoms with E-state index in [1.165, 1.54) is 0 Å². The molecule has 90 valence electrons. The van der Waals surface area contributed by atoms with E-state index in [0.717, 1.165) is 15.6 Å². The molecule has 0 aliphatic carbocycles. The minimum atomic E-state index is 0.529. The van der Waals surface area contributed by atoms with Gasteiger partial charge in [-0.2, -0.15) is 0 Å². The molecule has 0 amide bonds. The van der Waals surface area contributed by atoms with Crippen LogP contribution in [0.15, 0.2) is 45.3 Å². The van der Waals surface area contributed by atoms with Gasteiger partial charge in [-0.05, 0) is 52.3 Å². The predicted octanol–water partition coefficient (Wildman–Crippen LogP) is 5.56.